The predicted octanol–water partition coefficient (Wildman–Crippen LogP) is 0.712. The highest BCUT2D eigenvalue weighted by Crippen LogP contribution is 2.18. The molecule has 6 nitrogen and oxygen atoms in total. The van der Waals surface area contributed by atoms with Crippen molar-refractivity contribution < 1.29 is 0 Å². The van der Waals surface area contributed by atoms with Crippen LogP contribution in [0.15, 0.2) is 30.9 Å². The fourth-order valence-electron chi connectivity index (χ4n) is 1.59. The molecule has 0 radical (unpaired) electrons. The molecule has 0 saturated carbocycles. The van der Waals surface area contributed by atoms with Crippen molar-refractivity contribution in [3.8, 4) is 11.3 Å². The number of aromatic nitrogens is 5. The van der Waals surface area contributed by atoms with Crippen LogP contribution in [0.5, 0.6) is 0 Å². The molecule has 3 aromatic rings. The van der Waals surface area contributed by atoms with Gasteiger partial charge < -0.3 is 5.73 Å². The number of nitrogens with zero attached hydrogens (tertiary/aromatic N) is 5. The lowest BCUT2D eigenvalue weighted by Crippen LogP contribution is -1.93. The summed E-state index contributed by atoms with van der Waals surface area (Å²) in [5.74, 6) is 0. The largest absolute Gasteiger partial charge is 0.396 e. The maximum atomic E-state index is 5.64. The highest BCUT2D eigenvalue weighted by molar-refractivity contribution is 5.62. The van der Waals surface area contributed by atoms with Crippen molar-refractivity contribution in [1.82, 2.24) is 24.4 Å². The average molecular weight is 214 g/mol. The zero-order chi connectivity index (χ0) is 11.1. The number of fused-ring (bicyclic) bond motifs is 1. The monoisotopic (exact) mass is 214 g/mol. The number of rotatable bonds is 1. The molecular weight excluding hydrogens is 204 g/mol. The Kier molecular flexibility index (Phi) is 1.70. The molecule has 0 atom stereocenters. The molecular formula is C10H10N6. The number of nitrogens with two attached hydrogens (primary N) is 1. The fourth-order valence-corrected chi connectivity index (χ4v) is 1.59. The van der Waals surface area contributed by atoms with Crippen molar-refractivity contribution in [3.05, 3.63) is 30.9 Å². The van der Waals surface area contributed by atoms with Crippen LogP contribution < -0.4 is 5.73 Å². The van der Waals surface area contributed by atoms with Crippen LogP contribution in [-0.2, 0) is 7.05 Å². The minimum Gasteiger partial charge on any atom is -0.396 e. The van der Waals surface area contributed by atoms with Gasteiger partial charge in [0.2, 0.25) is 0 Å². The third kappa shape index (κ3) is 1.31. The molecule has 80 valence electrons. The summed E-state index contributed by atoms with van der Waals surface area (Å²) in [5.41, 5.74) is 8.80. The maximum Gasteiger partial charge on any atom is 0.155 e. The molecule has 0 spiro atoms. The molecule has 0 amide bonds. The first-order valence-corrected chi connectivity index (χ1v) is 4.82. The molecule has 2 N–H and O–H groups in total. The van der Waals surface area contributed by atoms with Gasteiger partial charge in [-0.2, -0.15) is 10.2 Å². The number of hydrogen-bond acceptors (Lipinski definition) is 4. The summed E-state index contributed by atoms with van der Waals surface area (Å²) in [5, 5.41) is 8.48. The molecule has 0 saturated heterocycles. The summed E-state index contributed by atoms with van der Waals surface area (Å²) < 4.78 is 3.40. The van der Waals surface area contributed by atoms with Crippen LogP contribution in [0, 0.1) is 0 Å². The van der Waals surface area contributed by atoms with Crippen LogP contribution in [0.2, 0.25) is 0 Å². The van der Waals surface area contributed by atoms with Crippen molar-refractivity contribution in [3.63, 3.8) is 0 Å². The van der Waals surface area contributed by atoms with Gasteiger partial charge in [0.1, 0.15) is 0 Å². The van der Waals surface area contributed by atoms with Gasteiger partial charge in [-0.1, -0.05) is 0 Å². The van der Waals surface area contributed by atoms with Crippen LogP contribution in [0.3, 0.4) is 0 Å². The lowest BCUT2D eigenvalue weighted by atomic mass is 10.3. The second-order valence-electron chi connectivity index (χ2n) is 3.62. The number of nitrogen functional groups attached to an aromatic ring is 1. The standard InChI is InChI=1S/C10H10N6/c1-15-5-7(3-13-15)9-2-10-12-4-8(11)6-16(10)14-9/h2-6H,11H2,1H3. The van der Waals surface area contributed by atoms with Crippen LogP contribution >= 0.6 is 0 Å². The van der Waals surface area contributed by atoms with Gasteiger partial charge in [-0.3, -0.25) is 4.68 Å². The molecule has 0 fully saturated rings. The quantitative estimate of drug-likeness (QED) is 0.647. The molecule has 6 heteroatoms. The number of anilines is 1. The molecule has 0 aromatic carbocycles. The fraction of sp³-hybridized carbons (Fsp3) is 0.100. The third-order valence-corrected chi connectivity index (χ3v) is 2.33. The third-order valence-electron chi connectivity index (χ3n) is 2.33. The summed E-state index contributed by atoms with van der Waals surface area (Å²) in [7, 11) is 1.87. The van der Waals surface area contributed by atoms with E-state index >= 15 is 0 Å². The van der Waals surface area contributed by atoms with E-state index in [1.807, 2.05) is 19.3 Å². The molecule has 0 aliphatic rings. The van der Waals surface area contributed by atoms with E-state index in [1.54, 1.807) is 27.8 Å². The number of hydrogen-bond donors (Lipinski definition) is 1. The Morgan fingerprint density at radius 3 is 2.88 bits per heavy atom. The second kappa shape index (κ2) is 3.06. The summed E-state index contributed by atoms with van der Waals surface area (Å²) in [6.07, 6.45) is 7.03. The number of aryl methyl sites for hydroxylation is 1. The zero-order valence-electron chi connectivity index (χ0n) is 8.70. The normalized spacial score (nSPS) is 11.1. The summed E-state index contributed by atoms with van der Waals surface area (Å²) in [4.78, 5) is 4.18. The Hall–Kier alpha value is -2.37. The van der Waals surface area contributed by atoms with Gasteiger partial charge in [-0.15, -0.1) is 0 Å². The van der Waals surface area contributed by atoms with Crippen LogP contribution in [-0.4, -0.2) is 24.4 Å². The van der Waals surface area contributed by atoms with E-state index in [1.165, 1.54) is 0 Å². The first-order chi connectivity index (χ1) is 7.72. The van der Waals surface area contributed by atoms with Crippen molar-refractivity contribution in [2.75, 3.05) is 5.73 Å². The SMILES string of the molecule is Cn1cc(-c2cc3ncc(N)cn3n2)cn1. The highest BCUT2D eigenvalue weighted by Gasteiger charge is 2.06. The lowest BCUT2D eigenvalue weighted by Gasteiger charge is -1.92. The average Bonchev–Trinajstić information content (AvgIpc) is 2.83. The minimum atomic E-state index is 0.591. The Balaban J connectivity index is 2.18. The first kappa shape index (κ1) is 8.90. The van der Waals surface area contributed by atoms with Gasteiger partial charge >= 0.3 is 0 Å². The molecule has 0 bridgehead atoms. The smallest absolute Gasteiger partial charge is 0.155 e. The topological polar surface area (TPSA) is 74.0 Å². The van der Waals surface area contributed by atoms with Crippen molar-refractivity contribution >= 4 is 11.3 Å². The summed E-state index contributed by atoms with van der Waals surface area (Å²) in [6, 6.07) is 1.90. The first-order valence-electron chi connectivity index (χ1n) is 4.82. The second-order valence-corrected chi connectivity index (χ2v) is 3.62. The van der Waals surface area contributed by atoms with Crippen molar-refractivity contribution in [1.29, 1.82) is 0 Å². The highest BCUT2D eigenvalue weighted by atomic mass is 15.3. The van der Waals surface area contributed by atoms with Gasteiger partial charge in [0, 0.05) is 24.9 Å². The Morgan fingerprint density at radius 2 is 2.12 bits per heavy atom. The van der Waals surface area contributed by atoms with Crippen molar-refractivity contribution in [2.45, 2.75) is 0 Å². The van der Waals surface area contributed by atoms with Crippen molar-refractivity contribution in [2.24, 2.45) is 7.05 Å². The molecule has 3 rings (SSSR count). The summed E-state index contributed by atoms with van der Waals surface area (Å²) >= 11 is 0. The van der Waals surface area contributed by atoms with Gasteiger partial charge in [0.05, 0.1) is 30.0 Å². The van der Waals surface area contributed by atoms with Gasteiger partial charge in [0.15, 0.2) is 5.65 Å². The Bertz CT molecular complexity index is 650. The van der Waals surface area contributed by atoms with E-state index in [2.05, 4.69) is 15.2 Å². The van der Waals surface area contributed by atoms with Gasteiger partial charge in [-0.25, -0.2) is 9.50 Å². The predicted molar refractivity (Wildman–Crippen MR) is 59.6 cm³/mol. The molecule has 3 heterocycles. The van der Waals surface area contributed by atoms with E-state index < -0.39 is 0 Å². The molecule has 0 aliphatic heterocycles. The Labute approximate surface area is 91.3 Å². The van der Waals surface area contributed by atoms with E-state index in [4.69, 9.17) is 5.73 Å². The Morgan fingerprint density at radius 1 is 1.25 bits per heavy atom. The van der Waals surface area contributed by atoms with E-state index in [0.29, 0.717) is 5.69 Å². The summed E-state index contributed by atoms with van der Waals surface area (Å²) in [6.45, 7) is 0. The van der Waals surface area contributed by atoms with Gasteiger partial charge in [0.25, 0.3) is 0 Å². The lowest BCUT2D eigenvalue weighted by molar-refractivity contribution is 0.768. The van der Waals surface area contributed by atoms with Crippen LogP contribution in [0.4, 0.5) is 5.69 Å². The molecule has 3 aromatic heterocycles. The molecule has 0 aliphatic carbocycles. The van der Waals surface area contributed by atoms with E-state index in [9.17, 15) is 0 Å². The zero-order valence-corrected chi connectivity index (χ0v) is 8.70. The maximum absolute atomic E-state index is 5.64. The van der Waals surface area contributed by atoms with Crippen LogP contribution in [0.25, 0.3) is 16.9 Å². The van der Waals surface area contributed by atoms with E-state index in [0.717, 1.165) is 16.9 Å². The van der Waals surface area contributed by atoms with Crippen LogP contribution in [0.1, 0.15) is 0 Å². The minimum absolute atomic E-state index is 0.591. The molecule has 16 heavy (non-hydrogen) atoms. The molecule has 0 unspecified atom stereocenters. The van der Waals surface area contributed by atoms with E-state index in [-0.39, 0.29) is 0 Å². The van der Waals surface area contributed by atoms with Gasteiger partial charge in [-0.05, 0) is 0 Å².